The zero-order valence-corrected chi connectivity index (χ0v) is 10.8. The van der Waals surface area contributed by atoms with Crippen molar-refractivity contribution in [3.63, 3.8) is 0 Å². The van der Waals surface area contributed by atoms with Crippen molar-refractivity contribution in [2.24, 2.45) is 11.8 Å². The first-order chi connectivity index (χ1) is 7.95. The van der Waals surface area contributed by atoms with E-state index in [0.29, 0.717) is 17.9 Å². The van der Waals surface area contributed by atoms with Gasteiger partial charge in [0, 0.05) is 5.56 Å². The summed E-state index contributed by atoms with van der Waals surface area (Å²) >= 11 is 0. The number of aliphatic hydroxyl groups is 1. The van der Waals surface area contributed by atoms with Gasteiger partial charge in [0.1, 0.15) is 5.82 Å². The SMILES string of the molecule is Cc1ccc(F)c(C2(O)CCCC(C)C2C)c1. The molecule has 3 atom stereocenters. The normalized spacial score (nSPS) is 33.7. The van der Waals surface area contributed by atoms with E-state index in [1.54, 1.807) is 12.1 Å². The molecular formula is C15H21FO. The lowest BCUT2D eigenvalue weighted by atomic mass is 9.67. The molecule has 1 nitrogen and oxygen atoms in total. The zero-order valence-electron chi connectivity index (χ0n) is 10.8. The van der Waals surface area contributed by atoms with Crippen LogP contribution in [0.3, 0.4) is 0 Å². The lowest BCUT2D eigenvalue weighted by molar-refractivity contribution is -0.0712. The van der Waals surface area contributed by atoms with Gasteiger partial charge in [-0.15, -0.1) is 0 Å². The van der Waals surface area contributed by atoms with Gasteiger partial charge in [-0.2, -0.15) is 0 Å². The standard InChI is InChI=1S/C15H21FO/c1-10-6-7-14(16)13(9-10)15(17)8-4-5-11(2)12(15)3/h6-7,9,11-12,17H,4-5,8H2,1-3H3. The second kappa shape index (κ2) is 4.41. The molecule has 1 aliphatic rings. The van der Waals surface area contributed by atoms with E-state index in [9.17, 15) is 9.50 Å². The predicted molar refractivity (Wildman–Crippen MR) is 67.2 cm³/mol. The molecule has 1 aromatic carbocycles. The summed E-state index contributed by atoms with van der Waals surface area (Å²) in [5.74, 6) is 0.264. The summed E-state index contributed by atoms with van der Waals surface area (Å²) < 4.78 is 13.9. The molecule has 94 valence electrons. The van der Waals surface area contributed by atoms with Crippen molar-refractivity contribution >= 4 is 0 Å². The van der Waals surface area contributed by atoms with E-state index >= 15 is 0 Å². The first kappa shape index (κ1) is 12.6. The molecule has 1 fully saturated rings. The predicted octanol–water partition coefficient (Wildman–Crippen LogP) is 3.78. The maximum absolute atomic E-state index is 13.9. The molecule has 0 saturated heterocycles. The van der Waals surface area contributed by atoms with Gasteiger partial charge in [0.2, 0.25) is 0 Å². The number of benzene rings is 1. The molecular weight excluding hydrogens is 215 g/mol. The van der Waals surface area contributed by atoms with Crippen molar-refractivity contribution in [2.75, 3.05) is 0 Å². The largest absolute Gasteiger partial charge is 0.385 e. The van der Waals surface area contributed by atoms with Crippen LogP contribution in [-0.2, 0) is 5.60 Å². The maximum atomic E-state index is 13.9. The van der Waals surface area contributed by atoms with Crippen LogP contribution < -0.4 is 0 Å². The third-order valence-corrected chi connectivity index (χ3v) is 4.41. The minimum atomic E-state index is -0.992. The van der Waals surface area contributed by atoms with Crippen molar-refractivity contribution in [1.82, 2.24) is 0 Å². The van der Waals surface area contributed by atoms with Gasteiger partial charge in [0.05, 0.1) is 5.60 Å². The average molecular weight is 236 g/mol. The number of halogens is 1. The van der Waals surface area contributed by atoms with Crippen molar-refractivity contribution < 1.29 is 9.50 Å². The van der Waals surface area contributed by atoms with Gasteiger partial charge < -0.3 is 5.11 Å². The van der Waals surface area contributed by atoms with Crippen molar-refractivity contribution in [3.05, 3.63) is 35.1 Å². The van der Waals surface area contributed by atoms with E-state index in [0.717, 1.165) is 18.4 Å². The van der Waals surface area contributed by atoms with E-state index in [4.69, 9.17) is 0 Å². The molecule has 1 saturated carbocycles. The van der Waals surface area contributed by atoms with Crippen molar-refractivity contribution in [2.45, 2.75) is 45.6 Å². The Morgan fingerprint density at radius 2 is 2.06 bits per heavy atom. The van der Waals surface area contributed by atoms with Gasteiger partial charge in [-0.1, -0.05) is 38.0 Å². The molecule has 0 radical (unpaired) electrons. The summed E-state index contributed by atoms with van der Waals surface area (Å²) in [5, 5.41) is 10.8. The first-order valence-electron chi connectivity index (χ1n) is 6.44. The Hall–Kier alpha value is -0.890. The molecule has 0 spiro atoms. The molecule has 0 bridgehead atoms. The van der Waals surface area contributed by atoms with Crippen molar-refractivity contribution in [1.29, 1.82) is 0 Å². The molecule has 0 aliphatic heterocycles. The molecule has 0 heterocycles. The third-order valence-electron chi connectivity index (χ3n) is 4.41. The molecule has 1 N–H and O–H groups in total. The monoisotopic (exact) mass is 236 g/mol. The summed E-state index contributed by atoms with van der Waals surface area (Å²) in [5.41, 5.74) is 0.491. The highest BCUT2D eigenvalue weighted by Crippen LogP contribution is 2.45. The molecule has 0 amide bonds. The molecule has 2 heteroatoms. The second-order valence-corrected chi connectivity index (χ2v) is 5.57. The van der Waals surface area contributed by atoms with E-state index < -0.39 is 5.60 Å². The van der Waals surface area contributed by atoms with Crippen LogP contribution in [0.15, 0.2) is 18.2 Å². The average Bonchev–Trinajstić information content (AvgIpc) is 2.29. The minimum absolute atomic E-state index is 0.104. The second-order valence-electron chi connectivity index (χ2n) is 5.57. The Kier molecular flexibility index (Phi) is 3.26. The van der Waals surface area contributed by atoms with Crippen LogP contribution in [0, 0.1) is 24.6 Å². The maximum Gasteiger partial charge on any atom is 0.129 e. The number of rotatable bonds is 1. The number of aryl methyl sites for hydroxylation is 1. The smallest absolute Gasteiger partial charge is 0.129 e. The molecule has 3 unspecified atom stereocenters. The Balaban J connectivity index is 2.46. The third kappa shape index (κ3) is 2.11. The van der Waals surface area contributed by atoms with E-state index in [1.807, 2.05) is 13.8 Å². The van der Waals surface area contributed by atoms with Crippen LogP contribution in [0.25, 0.3) is 0 Å². The van der Waals surface area contributed by atoms with Crippen LogP contribution in [-0.4, -0.2) is 5.11 Å². The van der Waals surface area contributed by atoms with Crippen LogP contribution in [0.1, 0.15) is 44.2 Å². The molecule has 17 heavy (non-hydrogen) atoms. The summed E-state index contributed by atoms with van der Waals surface area (Å²) in [6.45, 7) is 6.11. The minimum Gasteiger partial charge on any atom is -0.385 e. The van der Waals surface area contributed by atoms with Gasteiger partial charge in [0.15, 0.2) is 0 Å². The molecule has 1 aliphatic carbocycles. The zero-order chi connectivity index (χ0) is 12.6. The first-order valence-corrected chi connectivity index (χ1v) is 6.44. The molecule has 1 aromatic rings. The van der Waals surface area contributed by atoms with E-state index in [2.05, 4.69) is 6.92 Å². The van der Waals surface area contributed by atoms with Crippen LogP contribution in [0.4, 0.5) is 4.39 Å². The fraction of sp³-hybridized carbons (Fsp3) is 0.600. The highest BCUT2D eigenvalue weighted by Gasteiger charge is 2.42. The molecule has 2 rings (SSSR count). The van der Waals surface area contributed by atoms with Crippen LogP contribution >= 0.6 is 0 Å². The highest BCUT2D eigenvalue weighted by molar-refractivity contribution is 5.30. The summed E-state index contributed by atoms with van der Waals surface area (Å²) in [7, 11) is 0. The van der Waals surface area contributed by atoms with Gasteiger partial charge in [0.25, 0.3) is 0 Å². The summed E-state index contributed by atoms with van der Waals surface area (Å²) in [6.07, 6.45) is 2.76. The van der Waals surface area contributed by atoms with Gasteiger partial charge in [-0.25, -0.2) is 4.39 Å². The lowest BCUT2D eigenvalue weighted by Crippen LogP contribution is -2.41. The van der Waals surface area contributed by atoms with Gasteiger partial charge >= 0.3 is 0 Å². The van der Waals surface area contributed by atoms with Gasteiger partial charge in [-0.05, 0) is 37.7 Å². The highest BCUT2D eigenvalue weighted by atomic mass is 19.1. The molecule has 0 aromatic heterocycles. The summed E-state index contributed by atoms with van der Waals surface area (Å²) in [6, 6.07) is 5.01. The fourth-order valence-electron chi connectivity index (χ4n) is 2.99. The fourth-order valence-corrected chi connectivity index (χ4v) is 2.99. The topological polar surface area (TPSA) is 20.2 Å². The Morgan fingerprint density at radius 1 is 1.35 bits per heavy atom. The van der Waals surface area contributed by atoms with Crippen LogP contribution in [0.2, 0.25) is 0 Å². The van der Waals surface area contributed by atoms with E-state index in [-0.39, 0.29) is 11.7 Å². The van der Waals surface area contributed by atoms with Crippen LogP contribution in [0.5, 0.6) is 0 Å². The Labute approximate surface area is 103 Å². The van der Waals surface area contributed by atoms with Crippen molar-refractivity contribution in [3.8, 4) is 0 Å². The van der Waals surface area contributed by atoms with Gasteiger partial charge in [-0.3, -0.25) is 0 Å². The number of hydrogen-bond donors (Lipinski definition) is 1. The Bertz CT molecular complexity index is 415. The lowest BCUT2D eigenvalue weighted by Gasteiger charge is -2.42. The number of hydrogen-bond acceptors (Lipinski definition) is 1. The Morgan fingerprint density at radius 3 is 2.76 bits per heavy atom. The van der Waals surface area contributed by atoms with E-state index in [1.165, 1.54) is 6.07 Å². The summed E-state index contributed by atoms with van der Waals surface area (Å²) in [4.78, 5) is 0. The quantitative estimate of drug-likeness (QED) is 0.786.